The maximum atomic E-state index is 4.61. The fourth-order valence-electron chi connectivity index (χ4n) is 2.82. The van der Waals surface area contributed by atoms with E-state index in [1.807, 2.05) is 11.7 Å². The van der Waals surface area contributed by atoms with E-state index in [4.69, 9.17) is 0 Å². The number of anilines is 2. The third-order valence-electron chi connectivity index (χ3n) is 3.99. The molecule has 0 saturated carbocycles. The molecule has 1 aliphatic heterocycles. The highest BCUT2D eigenvalue weighted by atomic mass is 32.1. The second kappa shape index (κ2) is 6.43. The maximum absolute atomic E-state index is 4.61. The summed E-state index contributed by atoms with van der Waals surface area (Å²) in [7, 11) is 0. The van der Waals surface area contributed by atoms with Gasteiger partial charge in [0.05, 0.1) is 29.1 Å². The molecule has 0 radical (unpaired) electrons. The number of pyridine rings is 1. The van der Waals surface area contributed by atoms with Gasteiger partial charge < -0.3 is 10.2 Å². The van der Waals surface area contributed by atoms with Gasteiger partial charge in [0, 0.05) is 18.0 Å². The molecule has 0 aliphatic carbocycles. The minimum absolute atomic E-state index is 0.264. The van der Waals surface area contributed by atoms with Crippen LogP contribution in [0.25, 0.3) is 0 Å². The molecule has 1 fully saturated rings. The van der Waals surface area contributed by atoms with Crippen LogP contribution in [-0.2, 0) is 0 Å². The zero-order valence-corrected chi connectivity index (χ0v) is 13.5. The number of piperidine rings is 1. The van der Waals surface area contributed by atoms with Crippen LogP contribution in [0, 0.1) is 6.92 Å². The molecule has 0 bridgehead atoms. The number of aryl methyl sites for hydroxylation is 1. The summed E-state index contributed by atoms with van der Waals surface area (Å²) in [5, 5.41) is 3.50. The third kappa shape index (κ3) is 3.35. The first-order chi connectivity index (χ1) is 10.2. The number of thiazole rings is 1. The molecule has 3 rings (SSSR count). The predicted molar refractivity (Wildman–Crippen MR) is 89.2 cm³/mol. The Bertz CT molecular complexity index is 572. The molecule has 1 aliphatic rings. The highest BCUT2D eigenvalue weighted by Crippen LogP contribution is 2.26. The van der Waals surface area contributed by atoms with Crippen LogP contribution in [0.4, 0.5) is 11.5 Å². The van der Waals surface area contributed by atoms with E-state index < -0.39 is 0 Å². The fourth-order valence-corrected chi connectivity index (χ4v) is 3.63. The molecule has 0 spiro atoms. The first-order valence-corrected chi connectivity index (χ1v) is 8.49. The molecule has 1 unspecified atom stereocenters. The van der Waals surface area contributed by atoms with Crippen LogP contribution in [0.1, 0.15) is 42.8 Å². The monoisotopic (exact) mass is 302 g/mol. The molecule has 1 atom stereocenters. The zero-order valence-electron chi connectivity index (χ0n) is 12.7. The van der Waals surface area contributed by atoms with Gasteiger partial charge >= 0.3 is 0 Å². The van der Waals surface area contributed by atoms with Crippen LogP contribution in [0.2, 0.25) is 0 Å². The third-order valence-corrected chi connectivity index (χ3v) is 5.10. The molecule has 3 heterocycles. The van der Waals surface area contributed by atoms with Crippen LogP contribution in [-0.4, -0.2) is 23.1 Å². The Morgan fingerprint density at radius 2 is 2.00 bits per heavy atom. The Morgan fingerprint density at radius 3 is 2.62 bits per heavy atom. The van der Waals surface area contributed by atoms with Crippen molar-refractivity contribution in [3.63, 3.8) is 0 Å². The van der Waals surface area contributed by atoms with Gasteiger partial charge in [0.2, 0.25) is 0 Å². The number of rotatable bonds is 4. The summed E-state index contributed by atoms with van der Waals surface area (Å²) in [4.78, 5) is 12.6. The average Bonchev–Trinajstić information content (AvgIpc) is 2.95. The lowest BCUT2D eigenvalue weighted by atomic mass is 10.1. The van der Waals surface area contributed by atoms with Crippen molar-refractivity contribution in [2.24, 2.45) is 0 Å². The molecule has 0 aromatic carbocycles. The van der Waals surface area contributed by atoms with E-state index in [0.29, 0.717) is 0 Å². The lowest BCUT2D eigenvalue weighted by Crippen LogP contribution is -2.30. The van der Waals surface area contributed by atoms with Gasteiger partial charge in [-0.05, 0) is 45.2 Å². The summed E-state index contributed by atoms with van der Waals surface area (Å²) < 4.78 is 0. The molecular weight excluding hydrogens is 280 g/mol. The summed E-state index contributed by atoms with van der Waals surface area (Å²) in [6.45, 7) is 6.49. The number of nitrogens with zero attached hydrogens (tertiary/aromatic N) is 3. The molecule has 4 nitrogen and oxygen atoms in total. The van der Waals surface area contributed by atoms with E-state index in [1.54, 1.807) is 11.3 Å². The van der Waals surface area contributed by atoms with Gasteiger partial charge in [-0.1, -0.05) is 0 Å². The minimum Gasteiger partial charge on any atom is -0.376 e. The molecule has 5 heteroatoms. The highest BCUT2D eigenvalue weighted by Gasteiger charge is 2.13. The Hall–Kier alpha value is -1.62. The highest BCUT2D eigenvalue weighted by molar-refractivity contribution is 7.09. The summed E-state index contributed by atoms with van der Waals surface area (Å²) in [5.74, 6) is 1.10. The van der Waals surface area contributed by atoms with E-state index in [9.17, 15) is 0 Å². The maximum Gasteiger partial charge on any atom is 0.128 e. The van der Waals surface area contributed by atoms with Crippen molar-refractivity contribution in [2.75, 3.05) is 23.3 Å². The minimum atomic E-state index is 0.264. The summed E-state index contributed by atoms with van der Waals surface area (Å²) in [6.07, 6.45) is 5.85. The van der Waals surface area contributed by atoms with Gasteiger partial charge in [-0.25, -0.2) is 9.97 Å². The topological polar surface area (TPSA) is 41.1 Å². The molecular formula is C16H22N4S. The summed E-state index contributed by atoms with van der Waals surface area (Å²) in [6, 6.07) is 4.52. The molecule has 1 saturated heterocycles. The van der Waals surface area contributed by atoms with E-state index in [-0.39, 0.29) is 6.04 Å². The molecule has 21 heavy (non-hydrogen) atoms. The van der Waals surface area contributed by atoms with E-state index in [0.717, 1.165) is 30.3 Å². The average molecular weight is 302 g/mol. The number of hydrogen-bond donors (Lipinski definition) is 1. The normalized spacial score (nSPS) is 16.8. The zero-order chi connectivity index (χ0) is 14.7. The first kappa shape index (κ1) is 14.3. The summed E-state index contributed by atoms with van der Waals surface area (Å²) >= 11 is 1.70. The Morgan fingerprint density at radius 1 is 1.19 bits per heavy atom. The predicted octanol–water partition coefficient (Wildman–Crippen LogP) is 4.01. The second-order valence-electron chi connectivity index (χ2n) is 5.62. The Kier molecular flexibility index (Phi) is 4.39. The van der Waals surface area contributed by atoms with Crippen LogP contribution < -0.4 is 10.2 Å². The van der Waals surface area contributed by atoms with Crippen molar-refractivity contribution >= 4 is 22.8 Å². The van der Waals surface area contributed by atoms with Gasteiger partial charge in [-0.3, -0.25) is 0 Å². The van der Waals surface area contributed by atoms with Crippen LogP contribution in [0.15, 0.2) is 23.8 Å². The first-order valence-electron chi connectivity index (χ1n) is 7.61. The SMILES string of the molecule is Cc1ncsc1C(C)Nc1ccc(N2CCCCC2)nc1. The Balaban J connectivity index is 1.65. The van der Waals surface area contributed by atoms with Gasteiger partial charge in [-0.15, -0.1) is 11.3 Å². The Labute approximate surface area is 130 Å². The molecule has 1 N–H and O–H groups in total. The van der Waals surface area contributed by atoms with Crippen molar-refractivity contribution < 1.29 is 0 Å². The molecule has 0 amide bonds. The molecule has 112 valence electrons. The van der Waals surface area contributed by atoms with E-state index in [2.05, 4.69) is 46.2 Å². The van der Waals surface area contributed by atoms with E-state index in [1.165, 1.54) is 24.1 Å². The smallest absolute Gasteiger partial charge is 0.128 e. The van der Waals surface area contributed by atoms with Crippen LogP contribution in [0.5, 0.6) is 0 Å². The molecule has 2 aromatic heterocycles. The van der Waals surface area contributed by atoms with Gasteiger partial charge in [-0.2, -0.15) is 0 Å². The number of nitrogens with one attached hydrogen (secondary N) is 1. The number of hydrogen-bond acceptors (Lipinski definition) is 5. The quantitative estimate of drug-likeness (QED) is 0.926. The van der Waals surface area contributed by atoms with Crippen molar-refractivity contribution in [1.29, 1.82) is 0 Å². The van der Waals surface area contributed by atoms with Crippen LogP contribution in [0.3, 0.4) is 0 Å². The van der Waals surface area contributed by atoms with Crippen molar-refractivity contribution in [3.8, 4) is 0 Å². The van der Waals surface area contributed by atoms with Gasteiger partial charge in [0.15, 0.2) is 0 Å². The van der Waals surface area contributed by atoms with Crippen molar-refractivity contribution in [1.82, 2.24) is 9.97 Å². The van der Waals surface area contributed by atoms with Gasteiger partial charge in [0.25, 0.3) is 0 Å². The number of aromatic nitrogens is 2. The lowest BCUT2D eigenvalue weighted by Gasteiger charge is -2.27. The summed E-state index contributed by atoms with van der Waals surface area (Å²) in [5.41, 5.74) is 4.08. The second-order valence-corrected chi connectivity index (χ2v) is 6.51. The van der Waals surface area contributed by atoms with Crippen molar-refractivity contribution in [3.05, 3.63) is 34.4 Å². The lowest BCUT2D eigenvalue weighted by molar-refractivity contribution is 0.573. The standard InChI is InChI=1S/C16H22N4S/c1-12-16(21-11-18-12)13(2)19-14-6-7-15(17-10-14)20-8-4-3-5-9-20/h6-7,10-11,13,19H,3-5,8-9H2,1-2H3. The van der Waals surface area contributed by atoms with Crippen molar-refractivity contribution in [2.45, 2.75) is 39.2 Å². The van der Waals surface area contributed by atoms with E-state index >= 15 is 0 Å². The van der Waals surface area contributed by atoms with Gasteiger partial charge in [0.1, 0.15) is 5.82 Å². The molecule has 2 aromatic rings. The fraction of sp³-hybridized carbons (Fsp3) is 0.500. The van der Waals surface area contributed by atoms with Crippen LogP contribution >= 0.6 is 11.3 Å². The largest absolute Gasteiger partial charge is 0.376 e.